The van der Waals surface area contributed by atoms with Gasteiger partial charge >= 0.3 is 0 Å². The molecule has 0 N–H and O–H groups in total. The molecule has 5 heteroatoms. The number of aromatic nitrogens is 2. The summed E-state index contributed by atoms with van der Waals surface area (Å²) < 4.78 is 0. The molecule has 0 aliphatic carbocycles. The van der Waals surface area contributed by atoms with Crippen molar-refractivity contribution in [2.24, 2.45) is 0 Å². The average Bonchev–Trinajstić information content (AvgIpc) is 2.85. The highest BCUT2D eigenvalue weighted by Crippen LogP contribution is 2.39. The zero-order valence-corrected chi connectivity index (χ0v) is 12.4. The summed E-state index contributed by atoms with van der Waals surface area (Å²) in [5, 5.41) is 0.329. The van der Waals surface area contributed by atoms with Crippen LogP contribution in [0.4, 0.5) is 11.5 Å². The molecule has 19 heavy (non-hydrogen) atoms. The lowest BCUT2D eigenvalue weighted by Gasteiger charge is -2.21. The van der Waals surface area contributed by atoms with Crippen molar-refractivity contribution in [2.45, 2.75) is 18.2 Å². The number of halogens is 1. The molecule has 0 radical (unpaired) electrons. The van der Waals surface area contributed by atoms with E-state index in [1.807, 2.05) is 7.05 Å². The third kappa shape index (κ3) is 2.42. The Kier molecular flexibility index (Phi) is 3.37. The van der Waals surface area contributed by atoms with Gasteiger partial charge in [-0.3, -0.25) is 0 Å². The Bertz CT molecular complexity index is 630. The first-order valence-corrected chi connectivity index (χ1v) is 7.51. The third-order valence-electron chi connectivity index (χ3n) is 3.18. The highest BCUT2D eigenvalue weighted by molar-refractivity contribution is 7.99. The summed E-state index contributed by atoms with van der Waals surface area (Å²) in [6, 6.07) is 8.36. The van der Waals surface area contributed by atoms with E-state index in [4.69, 9.17) is 11.6 Å². The summed E-state index contributed by atoms with van der Waals surface area (Å²) in [6.45, 7) is 2.09. The van der Waals surface area contributed by atoms with Gasteiger partial charge in [-0.2, -0.15) is 4.98 Å². The monoisotopic (exact) mass is 291 g/mol. The normalized spacial score (nSPS) is 13.4. The van der Waals surface area contributed by atoms with E-state index in [1.54, 1.807) is 11.8 Å². The highest BCUT2D eigenvalue weighted by atomic mass is 35.5. The molecule has 0 saturated heterocycles. The summed E-state index contributed by atoms with van der Waals surface area (Å²) in [6.07, 6.45) is 0.969. The number of fused-ring (bicyclic) bond motifs is 1. The molecule has 0 spiro atoms. The van der Waals surface area contributed by atoms with E-state index < -0.39 is 0 Å². The van der Waals surface area contributed by atoms with E-state index in [2.05, 4.69) is 46.1 Å². The molecule has 0 unspecified atom stereocenters. The SMILES string of the molecule is Cc1cccc(N(C)c2nc(Cl)nc3c2SCC3)c1. The number of hydrogen-bond acceptors (Lipinski definition) is 4. The molecule has 2 heterocycles. The van der Waals surface area contributed by atoms with E-state index in [0.29, 0.717) is 5.28 Å². The molecule has 0 fully saturated rings. The van der Waals surface area contributed by atoms with Crippen molar-refractivity contribution in [3.8, 4) is 0 Å². The standard InChI is InChI=1S/C14H14ClN3S/c1-9-4-3-5-10(8-9)18(2)13-12-11(6-7-19-12)16-14(15)17-13/h3-5,8H,6-7H2,1-2H3. The molecular weight excluding hydrogens is 278 g/mol. The predicted octanol–water partition coefficient (Wildman–Crippen LogP) is 3.85. The van der Waals surface area contributed by atoms with Crippen LogP contribution in [0.5, 0.6) is 0 Å². The number of thioether (sulfide) groups is 1. The number of benzene rings is 1. The number of rotatable bonds is 2. The van der Waals surface area contributed by atoms with Crippen molar-refractivity contribution < 1.29 is 0 Å². The maximum atomic E-state index is 6.03. The van der Waals surface area contributed by atoms with E-state index in [9.17, 15) is 0 Å². The van der Waals surface area contributed by atoms with Crippen molar-refractivity contribution in [2.75, 3.05) is 17.7 Å². The van der Waals surface area contributed by atoms with Gasteiger partial charge in [-0.25, -0.2) is 4.98 Å². The zero-order valence-electron chi connectivity index (χ0n) is 10.9. The lowest BCUT2D eigenvalue weighted by molar-refractivity contribution is 0.951. The van der Waals surface area contributed by atoms with E-state index in [-0.39, 0.29) is 0 Å². The Hall–Kier alpha value is -1.26. The van der Waals surface area contributed by atoms with Crippen LogP contribution in [-0.2, 0) is 6.42 Å². The number of nitrogens with zero attached hydrogens (tertiary/aromatic N) is 3. The molecule has 0 amide bonds. The van der Waals surface area contributed by atoms with Crippen LogP contribution >= 0.6 is 23.4 Å². The summed E-state index contributed by atoms with van der Waals surface area (Å²) in [5.74, 6) is 1.96. The van der Waals surface area contributed by atoms with Crippen molar-refractivity contribution in [1.82, 2.24) is 9.97 Å². The first-order valence-electron chi connectivity index (χ1n) is 6.15. The molecule has 98 valence electrons. The van der Waals surface area contributed by atoms with Gasteiger partial charge in [-0.15, -0.1) is 11.8 Å². The summed E-state index contributed by atoms with van der Waals surface area (Å²) in [5.41, 5.74) is 3.41. The maximum absolute atomic E-state index is 6.03. The van der Waals surface area contributed by atoms with Crippen LogP contribution in [0.15, 0.2) is 29.2 Å². The minimum Gasteiger partial charge on any atom is -0.328 e. The van der Waals surface area contributed by atoms with E-state index in [0.717, 1.165) is 34.3 Å². The molecule has 1 aromatic heterocycles. The Balaban J connectivity index is 2.07. The molecule has 3 rings (SSSR count). The smallest absolute Gasteiger partial charge is 0.224 e. The first kappa shape index (κ1) is 12.8. The van der Waals surface area contributed by atoms with Crippen LogP contribution < -0.4 is 4.90 Å². The molecular formula is C14H14ClN3S. The van der Waals surface area contributed by atoms with Crippen LogP contribution in [0.2, 0.25) is 5.28 Å². The van der Waals surface area contributed by atoms with Gasteiger partial charge in [0.1, 0.15) is 0 Å². The maximum Gasteiger partial charge on any atom is 0.224 e. The summed E-state index contributed by atoms with van der Waals surface area (Å²) in [4.78, 5) is 12.0. The second kappa shape index (κ2) is 5.02. The molecule has 3 nitrogen and oxygen atoms in total. The number of anilines is 2. The van der Waals surface area contributed by atoms with Gasteiger partial charge in [-0.05, 0) is 36.2 Å². The minimum absolute atomic E-state index is 0.329. The molecule has 0 saturated carbocycles. The lowest BCUT2D eigenvalue weighted by atomic mass is 10.2. The Morgan fingerprint density at radius 2 is 2.16 bits per heavy atom. The number of hydrogen-bond donors (Lipinski definition) is 0. The van der Waals surface area contributed by atoms with Crippen molar-refractivity contribution >= 4 is 34.9 Å². The molecule has 0 bridgehead atoms. The second-order valence-corrected chi connectivity index (χ2v) is 6.03. The topological polar surface area (TPSA) is 29.0 Å². The van der Waals surface area contributed by atoms with E-state index >= 15 is 0 Å². The minimum atomic E-state index is 0.329. The largest absolute Gasteiger partial charge is 0.328 e. The number of aryl methyl sites for hydroxylation is 2. The lowest BCUT2D eigenvalue weighted by Crippen LogP contribution is -2.13. The Morgan fingerprint density at radius 1 is 1.32 bits per heavy atom. The fourth-order valence-electron chi connectivity index (χ4n) is 2.21. The zero-order chi connectivity index (χ0) is 13.4. The third-order valence-corrected chi connectivity index (χ3v) is 4.47. The molecule has 1 aliphatic rings. The first-order chi connectivity index (χ1) is 9.15. The fraction of sp³-hybridized carbons (Fsp3) is 0.286. The van der Waals surface area contributed by atoms with Crippen molar-refractivity contribution in [3.05, 3.63) is 40.8 Å². The van der Waals surface area contributed by atoms with Gasteiger partial charge in [-0.1, -0.05) is 12.1 Å². The van der Waals surface area contributed by atoms with Crippen LogP contribution in [0.25, 0.3) is 0 Å². The Labute approximate surface area is 122 Å². The predicted molar refractivity (Wildman–Crippen MR) is 80.7 cm³/mol. The second-order valence-electron chi connectivity index (χ2n) is 4.59. The van der Waals surface area contributed by atoms with Crippen LogP contribution in [-0.4, -0.2) is 22.8 Å². The summed E-state index contributed by atoms with van der Waals surface area (Å²) in [7, 11) is 2.02. The molecule has 0 atom stereocenters. The van der Waals surface area contributed by atoms with Crippen molar-refractivity contribution in [1.29, 1.82) is 0 Å². The quantitative estimate of drug-likeness (QED) is 0.786. The van der Waals surface area contributed by atoms with Crippen molar-refractivity contribution in [3.63, 3.8) is 0 Å². The van der Waals surface area contributed by atoms with Gasteiger partial charge in [0.15, 0.2) is 5.82 Å². The van der Waals surface area contributed by atoms with Gasteiger partial charge < -0.3 is 4.90 Å². The Morgan fingerprint density at radius 3 is 2.95 bits per heavy atom. The van der Waals surface area contributed by atoms with Crippen LogP contribution in [0.1, 0.15) is 11.3 Å². The van der Waals surface area contributed by atoms with Gasteiger partial charge in [0.25, 0.3) is 0 Å². The molecule has 1 aromatic carbocycles. The highest BCUT2D eigenvalue weighted by Gasteiger charge is 2.22. The van der Waals surface area contributed by atoms with Crippen LogP contribution in [0, 0.1) is 6.92 Å². The van der Waals surface area contributed by atoms with Gasteiger partial charge in [0.2, 0.25) is 5.28 Å². The molecule has 1 aliphatic heterocycles. The van der Waals surface area contributed by atoms with Gasteiger partial charge in [0.05, 0.1) is 10.6 Å². The van der Waals surface area contributed by atoms with Gasteiger partial charge in [0, 0.05) is 24.9 Å². The fourth-order valence-corrected chi connectivity index (χ4v) is 3.52. The average molecular weight is 292 g/mol. The van der Waals surface area contributed by atoms with Crippen LogP contribution in [0.3, 0.4) is 0 Å². The molecule has 2 aromatic rings. The summed E-state index contributed by atoms with van der Waals surface area (Å²) >= 11 is 7.84. The van der Waals surface area contributed by atoms with E-state index in [1.165, 1.54) is 5.56 Å².